The van der Waals surface area contributed by atoms with Crippen LogP contribution in [0.5, 0.6) is 0 Å². The Kier molecular flexibility index (Phi) is 5.42. The summed E-state index contributed by atoms with van der Waals surface area (Å²) in [6, 6.07) is 8.03. The highest BCUT2D eigenvalue weighted by atomic mass is 35.5. The molecule has 0 spiro atoms. The second kappa shape index (κ2) is 7.50. The van der Waals surface area contributed by atoms with Gasteiger partial charge in [0.2, 0.25) is 0 Å². The SMILES string of the molecule is Cc1ccc(-n2nnc(C(=O)NS(=O)(=O)c3ccc(F)c(Cl)c3)c2C)c(Cl)c1. The van der Waals surface area contributed by atoms with Crippen LogP contribution in [0.3, 0.4) is 0 Å². The first-order chi connectivity index (χ1) is 13.1. The van der Waals surface area contributed by atoms with Gasteiger partial charge in [-0.25, -0.2) is 22.2 Å². The smallest absolute Gasteiger partial charge is 0.266 e. The fourth-order valence-corrected chi connectivity index (χ4v) is 3.96. The van der Waals surface area contributed by atoms with Crippen molar-refractivity contribution in [2.75, 3.05) is 0 Å². The molecular weight excluding hydrogens is 430 g/mol. The molecule has 0 atom stereocenters. The van der Waals surface area contributed by atoms with Crippen LogP contribution in [0.15, 0.2) is 41.3 Å². The maximum Gasteiger partial charge on any atom is 0.287 e. The normalized spacial score (nSPS) is 11.5. The van der Waals surface area contributed by atoms with E-state index in [1.165, 1.54) is 4.68 Å². The van der Waals surface area contributed by atoms with Crippen molar-refractivity contribution in [1.82, 2.24) is 19.7 Å². The molecule has 0 aliphatic carbocycles. The van der Waals surface area contributed by atoms with Gasteiger partial charge in [0.15, 0.2) is 5.69 Å². The van der Waals surface area contributed by atoms with E-state index in [1.807, 2.05) is 17.7 Å². The molecule has 28 heavy (non-hydrogen) atoms. The van der Waals surface area contributed by atoms with Gasteiger partial charge in [-0.3, -0.25) is 4.79 Å². The number of aryl methyl sites for hydroxylation is 1. The molecule has 0 saturated carbocycles. The minimum absolute atomic E-state index is 0.201. The molecule has 0 fully saturated rings. The maximum atomic E-state index is 13.2. The number of aromatic nitrogens is 3. The Bertz CT molecular complexity index is 1200. The van der Waals surface area contributed by atoms with Crippen molar-refractivity contribution in [2.24, 2.45) is 0 Å². The molecule has 1 aromatic heterocycles. The molecule has 146 valence electrons. The first-order valence-corrected chi connectivity index (χ1v) is 10.0. The van der Waals surface area contributed by atoms with Gasteiger partial charge >= 0.3 is 0 Å². The van der Waals surface area contributed by atoms with Gasteiger partial charge in [0, 0.05) is 0 Å². The Morgan fingerprint density at radius 1 is 1.11 bits per heavy atom. The van der Waals surface area contributed by atoms with Gasteiger partial charge < -0.3 is 0 Å². The lowest BCUT2D eigenvalue weighted by Crippen LogP contribution is -2.31. The third-order valence-corrected chi connectivity index (χ3v) is 5.79. The number of nitrogens with zero attached hydrogens (tertiary/aromatic N) is 3. The molecular formula is C17H13Cl2FN4O3S. The highest BCUT2D eigenvalue weighted by Gasteiger charge is 2.24. The maximum absolute atomic E-state index is 13.2. The van der Waals surface area contributed by atoms with Crippen molar-refractivity contribution < 1.29 is 17.6 Å². The molecule has 0 saturated heterocycles. The zero-order valence-electron chi connectivity index (χ0n) is 14.6. The Balaban J connectivity index is 1.91. The first-order valence-electron chi connectivity index (χ1n) is 7.81. The van der Waals surface area contributed by atoms with Crippen LogP contribution < -0.4 is 4.72 Å². The van der Waals surface area contributed by atoms with Gasteiger partial charge in [-0.2, -0.15) is 0 Å². The molecule has 2 aromatic carbocycles. The number of benzene rings is 2. The van der Waals surface area contributed by atoms with Gasteiger partial charge in [-0.05, 0) is 49.7 Å². The van der Waals surface area contributed by atoms with Crippen LogP contribution in [-0.4, -0.2) is 29.3 Å². The zero-order chi connectivity index (χ0) is 20.6. The summed E-state index contributed by atoms with van der Waals surface area (Å²) in [6.07, 6.45) is 0. The predicted octanol–water partition coefficient (Wildman–Crippen LogP) is 3.45. The molecule has 1 heterocycles. The summed E-state index contributed by atoms with van der Waals surface area (Å²) in [5.74, 6) is -1.77. The molecule has 0 aliphatic rings. The lowest BCUT2D eigenvalue weighted by Gasteiger charge is -2.08. The zero-order valence-corrected chi connectivity index (χ0v) is 16.9. The van der Waals surface area contributed by atoms with Gasteiger partial charge in [0.1, 0.15) is 5.82 Å². The number of halogens is 3. The molecule has 11 heteroatoms. The number of hydrogen-bond acceptors (Lipinski definition) is 5. The number of amides is 1. The molecule has 0 radical (unpaired) electrons. The largest absolute Gasteiger partial charge is 0.287 e. The number of hydrogen-bond donors (Lipinski definition) is 1. The van der Waals surface area contributed by atoms with Gasteiger partial charge in [0.25, 0.3) is 15.9 Å². The molecule has 3 aromatic rings. The van der Waals surface area contributed by atoms with Crippen molar-refractivity contribution in [2.45, 2.75) is 18.7 Å². The molecule has 1 N–H and O–H groups in total. The molecule has 7 nitrogen and oxygen atoms in total. The molecule has 0 unspecified atom stereocenters. The third-order valence-electron chi connectivity index (χ3n) is 3.87. The van der Waals surface area contributed by atoms with Crippen molar-refractivity contribution >= 4 is 39.1 Å². The van der Waals surface area contributed by atoms with E-state index >= 15 is 0 Å². The van der Waals surface area contributed by atoms with E-state index in [0.717, 1.165) is 23.8 Å². The molecule has 0 aliphatic heterocycles. The van der Waals surface area contributed by atoms with Gasteiger partial charge in [0.05, 0.1) is 26.3 Å². The number of carbonyl (C=O) groups is 1. The van der Waals surface area contributed by atoms with Gasteiger partial charge in [-0.1, -0.05) is 34.5 Å². The highest BCUT2D eigenvalue weighted by molar-refractivity contribution is 7.90. The minimum Gasteiger partial charge on any atom is -0.266 e. The summed E-state index contributed by atoms with van der Waals surface area (Å²) >= 11 is 11.8. The summed E-state index contributed by atoms with van der Waals surface area (Å²) < 4.78 is 41.2. The number of carbonyl (C=O) groups excluding carboxylic acids is 1. The lowest BCUT2D eigenvalue weighted by molar-refractivity contribution is 0.0976. The predicted molar refractivity (Wildman–Crippen MR) is 102 cm³/mol. The topological polar surface area (TPSA) is 93.9 Å². The summed E-state index contributed by atoms with van der Waals surface area (Å²) in [5, 5.41) is 7.65. The van der Waals surface area contributed by atoms with Crippen LogP contribution in [0, 0.1) is 19.7 Å². The van der Waals surface area contributed by atoms with Gasteiger partial charge in [-0.15, -0.1) is 5.10 Å². The number of nitrogens with one attached hydrogen (secondary N) is 1. The van der Waals surface area contributed by atoms with E-state index in [1.54, 1.807) is 19.1 Å². The fraction of sp³-hybridized carbons (Fsp3) is 0.118. The van der Waals surface area contributed by atoms with E-state index in [-0.39, 0.29) is 21.3 Å². The van der Waals surface area contributed by atoms with Crippen molar-refractivity contribution in [3.8, 4) is 5.69 Å². The van der Waals surface area contributed by atoms with E-state index < -0.39 is 21.7 Å². The monoisotopic (exact) mass is 442 g/mol. The Morgan fingerprint density at radius 2 is 1.82 bits per heavy atom. The second-order valence-corrected chi connectivity index (χ2v) is 8.40. The first kappa shape index (κ1) is 20.2. The summed E-state index contributed by atoms with van der Waals surface area (Å²) in [5.41, 5.74) is 1.52. The van der Waals surface area contributed by atoms with Crippen molar-refractivity contribution in [3.05, 3.63) is 69.2 Å². The van der Waals surface area contributed by atoms with Crippen molar-refractivity contribution in [1.29, 1.82) is 0 Å². The quantitative estimate of drug-likeness (QED) is 0.667. The molecule has 3 rings (SSSR count). The third kappa shape index (κ3) is 3.87. The standard InChI is InChI=1S/C17H13Cl2FN4O3S/c1-9-3-6-15(13(19)7-9)24-10(2)16(21-23-24)17(25)22-28(26,27)11-4-5-14(20)12(18)8-11/h3-8H,1-2H3,(H,22,25). The van der Waals surface area contributed by atoms with E-state index in [2.05, 4.69) is 10.3 Å². The summed E-state index contributed by atoms with van der Waals surface area (Å²) in [6.45, 7) is 3.42. The fourth-order valence-electron chi connectivity index (χ4n) is 2.42. The van der Waals surface area contributed by atoms with Crippen LogP contribution in [0.2, 0.25) is 10.0 Å². The number of rotatable bonds is 4. The van der Waals surface area contributed by atoms with E-state index in [9.17, 15) is 17.6 Å². The summed E-state index contributed by atoms with van der Waals surface area (Å²) in [7, 11) is -4.29. The summed E-state index contributed by atoms with van der Waals surface area (Å²) in [4.78, 5) is 12.1. The molecule has 1 amide bonds. The van der Waals surface area contributed by atoms with Crippen LogP contribution in [0.4, 0.5) is 4.39 Å². The average molecular weight is 443 g/mol. The Hall–Kier alpha value is -2.49. The van der Waals surface area contributed by atoms with Crippen LogP contribution in [0.25, 0.3) is 5.69 Å². The Labute approximate surface area is 170 Å². The lowest BCUT2D eigenvalue weighted by atomic mass is 10.2. The van der Waals surface area contributed by atoms with Crippen molar-refractivity contribution in [3.63, 3.8) is 0 Å². The van der Waals surface area contributed by atoms with Crippen LogP contribution in [-0.2, 0) is 10.0 Å². The second-order valence-electron chi connectivity index (χ2n) is 5.90. The Morgan fingerprint density at radius 3 is 2.46 bits per heavy atom. The highest BCUT2D eigenvalue weighted by Crippen LogP contribution is 2.23. The average Bonchev–Trinajstić information content (AvgIpc) is 2.98. The minimum atomic E-state index is -4.29. The van der Waals surface area contributed by atoms with Crippen LogP contribution in [0.1, 0.15) is 21.7 Å². The molecule has 0 bridgehead atoms. The number of sulfonamides is 1. The van der Waals surface area contributed by atoms with E-state index in [4.69, 9.17) is 23.2 Å². The van der Waals surface area contributed by atoms with E-state index in [0.29, 0.717) is 10.7 Å². The van der Waals surface area contributed by atoms with Crippen LogP contribution >= 0.6 is 23.2 Å².